The standard InChI is InChI=1S/C6H4ClF2NO2/c7-4-2(11)1-10-6(12)3(4)5(8)9/h1,5,11H,(H,10,12). The van der Waals surface area contributed by atoms with Crippen LogP contribution in [0.15, 0.2) is 11.0 Å². The number of aromatic hydroxyl groups is 1. The molecule has 0 unspecified atom stereocenters. The van der Waals surface area contributed by atoms with Crippen molar-refractivity contribution in [1.82, 2.24) is 4.98 Å². The van der Waals surface area contributed by atoms with Gasteiger partial charge in [0, 0.05) is 6.20 Å². The van der Waals surface area contributed by atoms with Crippen LogP contribution < -0.4 is 5.56 Å². The molecule has 0 saturated heterocycles. The SMILES string of the molecule is O=c1[nH]cc(O)c(Cl)c1C(F)F. The van der Waals surface area contributed by atoms with Gasteiger partial charge in [0.05, 0.1) is 5.02 Å². The van der Waals surface area contributed by atoms with Crippen LogP contribution in [0, 0.1) is 0 Å². The Labute approximate surface area is 70.6 Å². The molecule has 0 spiro atoms. The molecule has 1 aromatic rings. The lowest BCUT2D eigenvalue weighted by atomic mass is 10.3. The van der Waals surface area contributed by atoms with Crippen molar-refractivity contribution in [3.8, 4) is 5.75 Å². The van der Waals surface area contributed by atoms with Gasteiger partial charge in [0.25, 0.3) is 12.0 Å². The molecule has 12 heavy (non-hydrogen) atoms. The maximum atomic E-state index is 12.1. The van der Waals surface area contributed by atoms with E-state index in [0.717, 1.165) is 6.20 Å². The lowest BCUT2D eigenvalue weighted by Crippen LogP contribution is -2.12. The summed E-state index contributed by atoms with van der Waals surface area (Å²) in [5, 5.41) is 8.24. The van der Waals surface area contributed by atoms with Gasteiger partial charge in [-0.1, -0.05) is 11.6 Å². The van der Waals surface area contributed by atoms with E-state index in [1.165, 1.54) is 0 Å². The fraction of sp³-hybridized carbons (Fsp3) is 0.167. The molecule has 0 bridgehead atoms. The first-order chi connectivity index (χ1) is 5.54. The number of hydrogen-bond donors (Lipinski definition) is 2. The summed E-state index contributed by atoms with van der Waals surface area (Å²) in [6.45, 7) is 0. The molecule has 0 radical (unpaired) electrons. The molecule has 3 nitrogen and oxygen atoms in total. The van der Waals surface area contributed by atoms with Crippen molar-refractivity contribution in [2.45, 2.75) is 6.43 Å². The van der Waals surface area contributed by atoms with Crippen LogP contribution in [-0.4, -0.2) is 10.1 Å². The summed E-state index contributed by atoms with van der Waals surface area (Å²) in [5.74, 6) is -0.563. The Bertz CT molecular complexity index is 350. The molecule has 0 saturated carbocycles. The first-order valence-electron chi connectivity index (χ1n) is 2.92. The van der Waals surface area contributed by atoms with E-state index in [1.54, 1.807) is 0 Å². The van der Waals surface area contributed by atoms with Crippen molar-refractivity contribution in [1.29, 1.82) is 0 Å². The monoisotopic (exact) mass is 195 g/mol. The molecule has 2 N–H and O–H groups in total. The highest BCUT2D eigenvalue weighted by atomic mass is 35.5. The first-order valence-corrected chi connectivity index (χ1v) is 3.30. The van der Waals surface area contributed by atoms with Crippen LogP contribution in [-0.2, 0) is 0 Å². The topological polar surface area (TPSA) is 53.1 Å². The Kier molecular flexibility index (Phi) is 2.32. The quantitative estimate of drug-likeness (QED) is 0.716. The summed E-state index contributed by atoms with van der Waals surface area (Å²) in [6.07, 6.45) is -2.13. The molecule has 6 heteroatoms. The third-order valence-corrected chi connectivity index (χ3v) is 1.66. The van der Waals surface area contributed by atoms with Crippen molar-refractivity contribution in [2.24, 2.45) is 0 Å². The second-order valence-electron chi connectivity index (χ2n) is 2.03. The molecule has 1 heterocycles. The van der Waals surface area contributed by atoms with Gasteiger partial charge >= 0.3 is 0 Å². The zero-order chi connectivity index (χ0) is 9.30. The van der Waals surface area contributed by atoms with Crippen molar-refractivity contribution in [3.05, 3.63) is 27.1 Å². The lowest BCUT2D eigenvalue weighted by Gasteiger charge is -2.01. The number of H-pyrrole nitrogens is 1. The van der Waals surface area contributed by atoms with E-state index >= 15 is 0 Å². The smallest absolute Gasteiger partial charge is 0.270 e. The molecule has 0 aliphatic carbocycles. The number of hydrogen-bond acceptors (Lipinski definition) is 2. The molecule has 0 aliphatic heterocycles. The van der Waals surface area contributed by atoms with E-state index in [0.29, 0.717) is 0 Å². The molecule has 0 atom stereocenters. The fourth-order valence-corrected chi connectivity index (χ4v) is 0.930. The Morgan fingerprint density at radius 3 is 2.58 bits per heavy atom. The number of aromatic amines is 1. The molecule has 66 valence electrons. The Morgan fingerprint density at radius 2 is 2.17 bits per heavy atom. The number of pyridine rings is 1. The van der Waals surface area contributed by atoms with E-state index in [9.17, 15) is 13.6 Å². The average Bonchev–Trinajstić information content (AvgIpc) is 1.97. The van der Waals surface area contributed by atoms with Gasteiger partial charge in [-0.15, -0.1) is 0 Å². The second kappa shape index (κ2) is 3.10. The third-order valence-electron chi connectivity index (χ3n) is 1.26. The van der Waals surface area contributed by atoms with Gasteiger partial charge in [-0.3, -0.25) is 4.79 Å². The normalized spacial score (nSPS) is 10.7. The van der Waals surface area contributed by atoms with Gasteiger partial charge < -0.3 is 10.1 Å². The largest absolute Gasteiger partial charge is 0.505 e. The highest BCUT2D eigenvalue weighted by Gasteiger charge is 2.18. The van der Waals surface area contributed by atoms with Crippen LogP contribution in [0.25, 0.3) is 0 Å². The van der Waals surface area contributed by atoms with E-state index in [-0.39, 0.29) is 0 Å². The van der Waals surface area contributed by atoms with Gasteiger partial charge in [0.1, 0.15) is 5.56 Å². The van der Waals surface area contributed by atoms with Gasteiger partial charge in [-0.2, -0.15) is 0 Å². The molecule has 0 aromatic carbocycles. The Hall–Kier alpha value is -1.10. The number of nitrogens with one attached hydrogen (secondary N) is 1. The van der Waals surface area contributed by atoms with Gasteiger partial charge in [0.2, 0.25) is 0 Å². The number of aromatic nitrogens is 1. The summed E-state index contributed by atoms with van der Waals surface area (Å²) in [7, 11) is 0. The summed E-state index contributed by atoms with van der Waals surface area (Å²) < 4.78 is 24.1. The zero-order valence-electron chi connectivity index (χ0n) is 5.64. The van der Waals surface area contributed by atoms with Crippen molar-refractivity contribution in [3.63, 3.8) is 0 Å². The minimum atomic E-state index is -2.99. The number of alkyl halides is 2. The van der Waals surface area contributed by atoms with Crippen LogP contribution in [0.5, 0.6) is 5.75 Å². The highest BCUT2D eigenvalue weighted by Crippen LogP contribution is 2.29. The number of rotatable bonds is 1. The third kappa shape index (κ3) is 1.40. The van der Waals surface area contributed by atoms with Crippen LogP contribution in [0.1, 0.15) is 12.0 Å². The van der Waals surface area contributed by atoms with Crippen molar-refractivity contribution < 1.29 is 13.9 Å². The summed E-state index contributed by atoms with van der Waals surface area (Å²) in [4.78, 5) is 12.6. The lowest BCUT2D eigenvalue weighted by molar-refractivity contribution is 0.149. The minimum absolute atomic E-state index is 0.563. The average molecular weight is 196 g/mol. The maximum absolute atomic E-state index is 12.1. The predicted molar refractivity (Wildman–Crippen MR) is 38.7 cm³/mol. The number of halogens is 3. The molecule has 0 amide bonds. The van der Waals surface area contributed by atoms with E-state index in [2.05, 4.69) is 0 Å². The molecule has 0 aliphatic rings. The molecule has 0 fully saturated rings. The van der Waals surface area contributed by atoms with Crippen LogP contribution in [0.3, 0.4) is 0 Å². The molecular formula is C6H4ClF2NO2. The predicted octanol–water partition coefficient (Wildman–Crippen LogP) is 1.67. The van der Waals surface area contributed by atoms with E-state index in [4.69, 9.17) is 16.7 Å². The second-order valence-corrected chi connectivity index (χ2v) is 2.41. The Morgan fingerprint density at radius 1 is 1.58 bits per heavy atom. The molecule has 1 aromatic heterocycles. The summed E-state index contributed by atoms with van der Waals surface area (Å²) >= 11 is 5.24. The Balaban J connectivity index is 3.43. The van der Waals surface area contributed by atoms with Gasteiger partial charge in [-0.25, -0.2) is 8.78 Å². The minimum Gasteiger partial charge on any atom is -0.505 e. The highest BCUT2D eigenvalue weighted by molar-refractivity contribution is 6.32. The van der Waals surface area contributed by atoms with Crippen LogP contribution in [0.2, 0.25) is 5.02 Å². The van der Waals surface area contributed by atoms with Crippen LogP contribution >= 0.6 is 11.6 Å². The zero-order valence-corrected chi connectivity index (χ0v) is 6.40. The molecule has 1 rings (SSSR count). The first kappa shape index (κ1) is 8.99. The maximum Gasteiger partial charge on any atom is 0.270 e. The van der Waals surface area contributed by atoms with Gasteiger partial charge in [0.15, 0.2) is 5.75 Å². The molecular weight excluding hydrogens is 192 g/mol. The van der Waals surface area contributed by atoms with Crippen molar-refractivity contribution >= 4 is 11.6 Å². The van der Waals surface area contributed by atoms with E-state index in [1.807, 2.05) is 4.98 Å². The summed E-state index contributed by atoms with van der Waals surface area (Å²) in [6, 6.07) is 0. The van der Waals surface area contributed by atoms with Crippen molar-refractivity contribution in [2.75, 3.05) is 0 Å². The van der Waals surface area contributed by atoms with Gasteiger partial charge in [-0.05, 0) is 0 Å². The summed E-state index contributed by atoms with van der Waals surface area (Å²) in [5.41, 5.74) is -1.90. The van der Waals surface area contributed by atoms with Crippen LogP contribution in [0.4, 0.5) is 8.78 Å². The van der Waals surface area contributed by atoms with E-state index < -0.39 is 28.3 Å². The fourth-order valence-electron chi connectivity index (χ4n) is 0.708.